The van der Waals surface area contributed by atoms with Crippen LogP contribution in [0.5, 0.6) is 0 Å². The van der Waals surface area contributed by atoms with E-state index in [9.17, 15) is 4.39 Å². The average Bonchev–Trinajstić information content (AvgIpc) is 2.58. The van der Waals surface area contributed by atoms with Crippen molar-refractivity contribution in [1.29, 1.82) is 0 Å². The summed E-state index contributed by atoms with van der Waals surface area (Å²) in [6.07, 6.45) is 2.98. The molecule has 0 radical (unpaired) electrons. The number of aromatic nitrogens is 1. The number of aryl methyl sites for hydroxylation is 1. The Morgan fingerprint density at radius 3 is 3.06 bits per heavy atom. The lowest BCUT2D eigenvalue weighted by molar-refractivity contribution is 0.623. The van der Waals surface area contributed by atoms with Crippen molar-refractivity contribution in [3.8, 4) is 0 Å². The fraction of sp³-hybridized carbons (Fsp3) is 0.417. The Kier molecular flexibility index (Phi) is 3.51. The van der Waals surface area contributed by atoms with Gasteiger partial charge in [0.2, 0.25) is 0 Å². The zero-order valence-electron chi connectivity index (χ0n) is 9.24. The molecule has 0 saturated carbocycles. The van der Waals surface area contributed by atoms with Crippen molar-refractivity contribution in [2.75, 3.05) is 0 Å². The summed E-state index contributed by atoms with van der Waals surface area (Å²) < 4.78 is 14.0. The van der Waals surface area contributed by atoms with Gasteiger partial charge < -0.3 is 5.73 Å². The molecule has 2 N–H and O–H groups in total. The monoisotopic (exact) mass is 238 g/mol. The van der Waals surface area contributed by atoms with Gasteiger partial charge in [-0.2, -0.15) is 0 Å². The quantitative estimate of drug-likeness (QED) is 0.889. The minimum absolute atomic E-state index is 0.222. The van der Waals surface area contributed by atoms with Crippen LogP contribution in [0.25, 0.3) is 10.2 Å². The second-order valence-corrected chi connectivity index (χ2v) is 5.20. The number of benzene rings is 1. The van der Waals surface area contributed by atoms with Gasteiger partial charge in [0.25, 0.3) is 0 Å². The molecule has 0 spiro atoms. The van der Waals surface area contributed by atoms with Crippen molar-refractivity contribution < 1.29 is 4.39 Å². The number of hydrogen-bond acceptors (Lipinski definition) is 3. The summed E-state index contributed by atoms with van der Waals surface area (Å²) in [6, 6.07) is 5.00. The average molecular weight is 238 g/mol. The minimum Gasteiger partial charge on any atom is -0.328 e. The van der Waals surface area contributed by atoms with Gasteiger partial charge in [-0.3, -0.25) is 0 Å². The van der Waals surface area contributed by atoms with Crippen molar-refractivity contribution in [3.63, 3.8) is 0 Å². The van der Waals surface area contributed by atoms with Crippen LogP contribution in [0.15, 0.2) is 18.2 Å². The van der Waals surface area contributed by atoms with Gasteiger partial charge in [-0.15, -0.1) is 11.3 Å². The van der Waals surface area contributed by atoms with Gasteiger partial charge in [-0.25, -0.2) is 9.37 Å². The van der Waals surface area contributed by atoms with Gasteiger partial charge in [-0.05, 0) is 38.3 Å². The lowest BCUT2D eigenvalue weighted by atomic mass is 10.1. The highest BCUT2D eigenvalue weighted by Crippen LogP contribution is 2.23. The molecule has 0 saturated heterocycles. The Bertz CT molecular complexity index is 479. The zero-order valence-corrected chi connectivity index (χ0v) is 10.1. The Morgan fingerprint density at radius 1 is 1.50 bits per heavy atom. The fourth-order valence-corrected chi connectivity index (χ4v) is 2.62. The number of nitrogens with two attached hydrogens (primary N) is 1. The zero-order chi connectivity index (χ0) is 11.5. The van der Waals surface area contributed by atoms with Crippen LogP contribution in [0.2, 0.25) is 0 Å². The summed E-state index contributed by atoms with van der Waals surface area (Å²) in [5.74, 6) is -0.222. The van der Waals surface area contributed by atoms with Crippen LogP contribution in [0, 0.1) is 5.82 Å². The van der Waals surface area contributed by atoms with Crippen molar-refractivity contribution in [1.82, 2.24) is 4.98 Å². The van der Waals surface area contributed by atoms with Gasteiger partial charge in [0.15, 0.2) is 0 Å². The lowest BCUT2D eigenvalue weighted by Crippen LogP contribution is -2.14. The molecule has 1 aromatic heterocycles. The number of fused-ring (bicyclic) bond motifs is 1. The smallest absolute Gasteiger partial charge is 0.125 e. The summed E-state index contributed by atoms with van der Waals surface area (Å²) in [6.45, 7) is 2.01. The molecule has 2 nitrogen and oxygen atoms in total. The van der Waals surface area contributed by atoms with Crippen molar-refractivity contribution >= 4 is 21.6 Å². The van der Waals surface area contributed by atoms with Crippen molar-refractivity contribution in [2.45, 2.75) is 32.2 Å². The third-order valence-electron chi connectivity index (χ3n) is 2.44. The fourth-order valence-electron chi connectivity index (χ4n) is 1.63. The number of halogens is 1. The van der Waals surface area contributed by atoms with Crippen LogP contribution >= 0.6 is 11.3 Å². The first kappa shape index (κ1) is 11.5. The molecular formula is C12H15FN2S. The Morgan fingerprint density at radius 2 is 2.31 bits per heavy atom. The van der Waals surface area contributed by atoms with Gasteiger partial charge in [0.1, 0.15) is 5.82 Å². The predicted molar refractivity (Wildman–Crippen MR) is 66.2 cm³/mol. The van der Waals surface area contributed by atoms with Crippen LogP contribution in [-0.2, 0) is 6.42 Å². The van der Waals surface area contributed by atoms with Crippen LogP contribution < -0.4 is 5.73 Å². The minimum atomic E-state index is -0.222. The second-order valence-electron chi connectivity index (χ2n) is 4.09. The summed E-state index contributed by atoms with van der Waals surface area (Å²) in [5, 5.41) is 1.07. The van der Waals surface area contributed by atoms with Crippen molar-refractivity contribution in [3.05, 3.63) is 29.0 Å². The maximum absolute atomic E-state index is 13.0. The molecule has 0 aliphatic rings. The maximum Gasteiger partial charge on any atom is 0.125 e. The van der Waals surface area contributed by atoms with E-state index in [2.05, 4.69) is 4.98 Å². The van der Waals surface area contributed by atoms with Gasteiger partial charge in [0, 0.05) is 12.1 Å². The molecule has 2 aromatic rings. The predicted octanol–water partition coefficient (Wildman–Crippen LogP) is 3.11. The Hall–Kier alpha value is -1.00. The first-order chi connectivity index (χ1) is 7.65. The topological polar surface area (TPSA) is 38.9 Å². The number of rotatable bonds is 4. The van der Waals surface area contributed by atoms with E-state index in [0.29, 0.717) is 0 Å². The Balaban J connectivity index is 2.08. The lowest BCUT2D eigenvalue weighted by Gasteiger charge is -2.01. The van der Waals surface area contributed by atoms with E-state index in [1.807, 2.05) is 6.92 Å². The normalized spacial score (nSPS) is 13.2. The highest BCUT2D eigenvalue weighted by atomic mass is 32.1. The molecule has 16 heavy (non-hydrogen) atoms. The van der Waals surface area contributed by atoms with E-state index < -0.39 is 0 Å². The molecule has 86 valence electrons. The van der Waals surface area contributed by atoms with Crippen LogP contribution in [0.4, 0.5) is 4.39 Å². The summed E-state index contributed by atoms with van der Waals surface area (Å²) in [7, 11) is 0. The summed E-state index contributed by atoms with van der Waals surface area (Å²) >= 11 is 1.64. The molecule has 1 unspecified atom stereocenters. The molecular weight excluding hydrogens is 223 g/mol. The standard InChI is InChI=1S/C12H15FN2S/c1-8(14)3-2-4-12-15-10-7-9(13)5-6-11(10)16-12/h5-8H,2-4,14H2,1H3. The first-order valence-corrected chi connectivity index (χ1v) is 6.27. The SMILES string of the molecule is CC(N)CCCc1nc2cc(F)ccc2s1. The van der Waals surface area contributed by atoms with Crippen LogP contribution in [0.1, 0.15) is 24.8 Å². The molecule has 0 amide bonds. The molecule has 0 bridgehead atoms. The molecule has 0 fully saturated rings. The molecule has 2 rings (SSSR count). The van der Waals surface area contributed by atoms with Crippen LogP contribution in [-0.4, -0.2) is 11.0 Å². The number of nitrogens with zero attached hydrogens (tertiary/aromatic N) is 1. The first-order valence-electron chi connectivity index (χ1n) is 5.45. The highest BCUT2D eigenvalue weighted by molar-refractivity contribution is 7.18. The third kappa shape index (κ3) is 2.77. The molecule has 1 aromatic carbocycles. The number of hydrogen-bond donors (Lipinski definition) is 1. The molecule has 0 aliphatic heterocycles. The van der Waals surface area contributed by atoms with Crippen LogP contribution in [0.3, 0.4) is 0 Å². The maximum atomic E-state index is 13.0. The van der Waals surface area contributed by atoms with E-state index in [-0.39, 0.29) is 11.9 Å². The van der Waals surface area contributed by atoms with E-state index in [4.69, 9.17) is 5.73 Å². The summed E-state index contributed by atoms with van der Waals surface area (Å²) in [5.41, 5.74) is 6.45. The van der Waals surface area contributed by atoms with E-state index >= 15 is 0 Å². The number of thiazole rings is 1. The van der Waals surface area contributed by atoms with Gasteiger partial charge >= 0.3 is 0 Å². The third-order valence-corrected chi connectivity index (χ3v) is 3.54. The largest absolute Gasteiger partial charge is 0.328 e. The van der Waals surface area contributed by atoms with Gasteiger partial charge in [0.05, 0.1) is 15.2 Å². The van der Waals surface area contributed by atoms with E-state index in [1.54, 1.807) is 17.4 Å². The van der Waals surface area contributed by atoms with Gasteiger partial charge in [-0.1, -0.05) is 0 Å². The highest BCUT2D eigenvalue weighted by Gasteiger charge is 2.05. The second kappa shape index (κ2) is 4.89. The van der Waals surface area contributed by atoms with E-state index in [1.165, 1.54) is 12.1 Å². The van der Waals surface area contributed by atoms with E-state index in [0.717, 1.165) is 34.5 Å². The molecule has 1 heterocycles. The molecule has 1 atom stereocenters. The molecule has 0 aliphatic carbocycles. The Labute approximate surface area is 98.3 Å². The summed E-state index contributed by atoms with van der Waals surface area (Å²) in [4.78, 5) is 4.41. The molecule has 4 heteroatoms. The van der Waals surface area contributed by atoms with Crippen molar-refractivity contribution in [2.24, 2.45) is 5.73 Å².